The van der Waals surface area contributed by atoms with E-state index in [1.54, 1.807) is 10.9 Å². The first kappa shape index (κ1) is 15.7. The minimum absolute atomic E-state index is 0.0379. The van der Waals surface area contributed by atoms with Gasteiger partial charge in [-0.2, -0.15) is 5.10 Å². The Labute approximate surface area is 135 Å². The molecule has 7 heteroatoms. The van der Waals surface area contributed by atoms with Gasteiger partial charge in [-0.25, -0.2) is 13.1 Å². The van der Waals surface area contributed by atoms with Crippen LogP contribution in [-0.2, 0) is 14.6 Å². The van der Waals surface area contributed by atoms with E-state index in [1.165, 1.54) is 0 Å². The van der Waals surface area contributed by atoms with Gasteiger partial charge in [0.1, 0.15) is 0 Å². The number of carbonyl (C=O) groups is 1. The monoisotopic (exact) mass is 333 g/mol. The van der Waals surface area contributed by atoms with Crippen LogP contribution in [0.1, 0.15) is 24.9 Å². The second-order valence-corrected chi connectivity index (χ2v) is 8.10. The van der Waals surface area contributed by atoms with Crippen molar-refractivity contribution in [2.75, 3.05) is 11.5 Å². The van der Waals surface area contributed by atoms with Gasteiger partial charge in [-0.15, -0.1) is 0 Å². The Kier molecular flexibility index (Phi) is 4.21. The lowest BCUT2D eigenvalue weighted by atomic mass is 10.0. The molecule has 122 valence electrons. The maximum atomic E-state index is 12.2. The van der Waals surface area contributed by atoms with Crippen LogP contribution in [0.4, 0.5) is 0 Å². The lowest BCUT2D eigenvalue weighted by Crippen LogP contribution is -2.33. The predicted molar refractivity (Wildman–Crippen MR) is 86.9 cm³/mol. The number of rotatable bonds is 4. The summed E-state index contributed by atoms with van der Waals surface area (Å²) in [7, 11) is -3.04. The highest BCUT2D eigenvalue weighted by Gasteiger charge is 2.33. The Hall–Kier alpha value is -2.15. The van der Waals surface area contributed by atoms with E-state index in [1.807, 2.05) is 43.5 Å². The molecule has 2 heterocycles. The fourth-order valence-electron chi connectivity index (χ4n) is 2.75. The third-order valence-electron chi connectivity index (χ3n) is 4.12. The van der Waals surface area contributed by atoms with Crippen molar-refractivity contribution in [1.82, 2.24) is 15.1 Å². The fraction of sp³-hybridized carbons (Fsp3) is 0.375. The van der Waals surface area contributed by atoms with Crippen LogP contribution in [0, 0.1) is 5.92 Å². The zero-order valence-corrected chi connectivity index (χ0v) is 13.7. The predicted octanol–water partition coefficient (Wildman–Crippen LogP) is 1.48. The van der Waals surface area contributed by atoms with Crippen LogP contribution in [0.2, 0.25) is 0 Å². The van der Waals surface area contributed by atoms with Crippen LogP contribution in [0.3, 0.4) is 0 Å². The molecule has 0 spiro atoms. The molecule has 0 unspecified atom stereocenters. The molecule has 0 bridgehead atoms. The summed E-state index contributed by atoms with van der Waals surface area (Å²) in [6, 6.07) is 9.43. The van der Waals surface area contributed by atoms with Crippen molar-refractivity contribution in [2.45, 2.75) is 19.4 Å². The van der Waals surface area contributed by atoms with E-state index < -0.39 is 15.8 Å². The highest BCUT2D eigenvalue weighted by Crippen LogP contribution is 2.21. The number of carbonyl (C=O) groups excluding carboxylic acids is 1. The number of hydrogen-bond acceptors (Lipinski definition) is 4. The smallest absolute Gasteiger partial charge is 0.224 e. The highest BCUT2D eigenvalue weighted by atomic mass is 32.2. The quantitative estimate of drug-likeness (QED) is 0.919. The summed E-state index contributed by atoms with van der Waals surface area (Å²) in [6.45, 7) is 1.89. The van der Waals surface area contributed by atoms with Crippen LogP contribution in [0.25, 0.3) is 5.69 Å². The van der Waals surface area contributed by atoms with E-state index in [4.69, 9.17) is 0 Å². The lowest BCUT2D eigenvalue weighted by Gasteiger charge is -2.17. The van der Waals surface area contributed by atoms with Crippen LogP contribution < -0.4 is 5.32 Å². The molecular weight excluding hydrogens is 314 g/mol. The summed E-state index contributed by atoms with van der Waals surface area (Å²) in [5, 5.41) is 7.07. The van der Waals surface area contributed by atoms with Gasteiger partial charge in [-0.1, -0.05) is 12.1 Å². The second kappa shape index (κ2) is 6.16. The topological polar surface area (TPSA) is 81.1 Å². The molecule has 6 nitrogen and oxygen atoms in total. The number of amides is 1. The minimum atomic E-state index is -3.04. The van der Waals surface area contributed by atoms with Gasteiger partial charge in [0.15, 0.2) is 9.84 Å². The molecule has 2 atom stereocenters. The average molecular weight is 333 g/mol. The molecular formula is C16H19N3O3S. The van der Waals surface area contributed by atoms with Gasteiger partial charge >= 0.3 is 0 Å². The van der Waals surface area contributed by atoms with Crippen molar-refractivity contribution in [3.05, 3.63) is 48.3 Å². The molecule has 1 aromatic heterocycles. The number of benzene rings is 1. The van der Waals surface area contributed by atoms with E-state index in [9.17, 15) is 13.2 Å². The van der Waals surface area contributed by atoms with Crippen molar-refractivity contribution in [1.29, 1.82) is 0 Å². The Bertz CT molecular complexity index is 782. The zero-order valence-electron chi connectivity index (χ0n) is 12.8. The lowest BCUT2D eigenvalue weighted by molar-refractivity contribution is -0.124. The number of nitrogens with zero attached hydrogens (tertiary/aromatic N) is 2. The fourth-order valence-corrected chi connectivity index (χ4v) is 4.50. The van der Waals surface area contributed by atoms with E-state index in [-0.39, 0.29) is 23.5 Å². The SMILES string of the molecule is C[C@@H](NC(=O)[C@H]1CCS(=O)(=O)C1)c1ccc(-n2cccn2)cc1. The molecule has 2 aromatic rings. The highest BCUT2D eigenvalue weighted by molar-refractivity contribution is 7.91. The number of nitrogens with one attached hydrogen (secondary N) is 1. The van der Waals surface area contributed by atoms with Crippen molar-refractivity contribution in [3.63, 3.8) is 0 Å². The van der Waals surface area contributed by atoms with Crippen LogP contribution >= 0.6 is 0 Å². The largest absolute Gasteiger partial charge is 0.349 e. The number of hydrogen-bond donors (Lipinski definition) is 1. The Balaban J connectivity index is 1.64. The summed E-state index contributed by atoms with van der Waals surface area (Å²) < 4.78 is 24.7. The van der Waals surface area contributed by atoms with Crippen LogP contribution in [0.5, 0.6) is 0 Å². The average Bonchev–Trinajstić information content (AvgIpc) is 3.16. The molecule has 1 saturated heterocycles. The number of sulfone groups is 1. The van der Waals surface area contributed by atoms with Gasteiger partial charge in [-0.3, -0.25) is 4.79 Å². The number of aromatic nitrogens is 2. The summed E-state index contributed by atoms with van der Waals surface area (Å²) in [4.78, 5) is 12.2. The first-order valence-corrected chi connectivity index (χ1v) is 9.37. The van der Waals surface area contributed by atoms with Crippen LogP contribution in [0.15, 0.2) is 42.7 Å². The first-order chi connectivity index (χ1) is 10.9. The van der Waals surface area contributed by atoms with E-state index in [2.05, 4.69) is 10.4 Å². The zero-order chi connectivity index (χ0) is 16.4. The maximum absolute atomic E-state index is 12.2. The molecule has 3 rings (SSSR count). The normalized spacial score (nSPS) is 21.0. The van der Waals surface area contributed by atoms with Crippen molar-refractivity contribution < 1.29 is 13.2 Å². The van der Waals surface area contributed by atoms with Gasteiger partial charge in [0.05, 0.1) is 29.2 Å². The maximum Gasteiger partial charge on any atom is 0.224 e. The molecule has 1 aliphatic heterocycles. The van der Waals surface area contributed by atoms with Crippen molar-refractivity contribution >= 4 is 15.7 Å². The Morgan fingerprint density at radius 1 is 1.35 bits per heavy atom. The van der Waals surface area contributed by atoms with E-state index in [0.717, 1.165) is 11.3 Å². The molecule has 1 amide bonds. The van der Waals surface area contributed by atoms with Crippen LogP contribution in [-0.4, -0.2) is 35.6 Å². The summed E-state index contributed by atoms with van der Waals surface area (Å²) in [6.07, 6.45) is 3.99. The molecule has 1 N–H and O–H groups in total. The van der Waals surface area contributed by atoms with Gasteiger partial charge in [0.25, 0.3) is 0 Å². The first-order valence-electron chi connectivity index (χ1n) is 7.55. The standard InChI is InChI=1S/C16H19N3O3S/c1-12(18-16(20)14-7-10-23(21,22)11-14)13-3-5-15(6-4-13)19-9-2-8-17-19/h2-6,8-9,12,14H,7,10-11H2,1H3,(H,18,20)/t12-,14+/m1/s1. The molecule has 1 aliphatic rings. The third kappa shape index (κ3) is 3.61. The molecule has 0 radical (unpaired) electrons. The van der Waals surface area contributed by atoms with E-state index in [0.29, 0.717) is 6.42 Å². The summed E-state index contributed by atoms with van der Waals surface area (Å²) in [5.41, 5.74) is 1.91. The Morgan fingerprint density at radius 3 is 2.65 bits per heavy atom. The summed E-state index contributed by atoms with van der Waals surface area (Å²) in [5.74, 6) is -0.539. The van der Waals surface area contributed by atoms with Gasteiger partial charge in [-0.05, 0) is 37.1 Å². The molecule has 1 aromatic carbocycles. The van der Waals surface area contributed by atoms with Gasteiger partial charge in [0, 0.05) is 12.4 Å². The van der Waals surface area contributed by atoms with Gasteiger partial charge in [0.2, 0.25) is 5.91 Å². The molecule has 23 heavy (non-hydrogen) atoms. The van der Waals surface area contributed by atoms with E-state index >= 15 is 0 Å². The minimum Gasteiger partial charge on any atom is -0.349 e. The molecule has 1 fully saturated rings. The third-order valence-corrected chi connectivity index (χ3v) is 5.89. The molecule has 0 aliphatic carbocycles. The van der Waals surface area contributed by atoms with Crippen molar-refractivity contribution in [3.8, 4) is 5.69 Å². The van der Waals surface area contributed by atoms with Gasteiger partial charge < -0.3 is 5.32 Å². The second-order valence-electron chi connectivity index (χ2n) is 5.87. The Morgan fingerprint density at radius 2 is 2.09 bits per heavy atom. The molecule has 0 saturated carbocycles. The van der Waals surface area contributed by atoms with Crippen molar-refractivity contribution in [2.24, 2.45) is 5.92 Å². The summed E-state index contributed by atoms with van der Waals surface area (Å²) >= 11 is 0.